The molecule has 0 aromatic heterocycles. The van der Waals surface area contributed by atoms with E-state index in [9.17, 15) is 13.6 Å². The molecule has 106 valence electrons. The smallest absolute Gasteiger partial charge is 0.224 e. The third-order valence-corrected chi connectivity index (χ3v) is 3.91. The molecule has 0 spiro atoms. The van der Waals surface area contributed by atoms with E-state index in [1.165, 1.54) is 12.1 Å². The summed E-state index contributed by atoms with van der Waals surface area (Å²) in [5.41, 5.74) is -0.434. The van der Waals surface area contributed by atoms with E-state index < -0.39 is 17.2 Å². The van der Waals surface area contributed by atoms with E-state index in [4.69, 9.17) is 11.6 Å². The van der Waals surface area contributed by atoms with E-state index in [0.29, 0.717) is 12.8 Å². The van der Waals surface area contributed by atoms with Crippen molar-refractivity contribution in [2.24, 2.45) is 0 Å². The van der Waals surface area contributed by atoms with Gasteiger partial charge >= 0.3 is 0 Å². The van der Waals surface area contributed by atoms with Crippen LogP contribution in [0.1, 0.15) is 32.3 Å². The molecule has 1 N–H and O–H groups in total. The van der Waals surface area contributed by atoms with Crippen LogP contribution in [0.2, 0.25) is 0 Å². The van der Waals surface area contributed by atoms with E-state index in [1.807, 2.05) is 13.8 Å². The van der Waals surface area contributed by atoms with Crippen molar-refractivity contribution in [3.05, 3.63) is 35.4 Å². The Bertz CT molecular complexity index is 439. The molecule has 5 heteroatoms. The van der Waals surface area contributed by atoms with Crippen LogP contribution in [0.15, 0.2) is 18.2 Å². The highest BCUT2D eigenvalue weighted by Crippen LogP contribution is 2.18. The normalized spacial score (nSPS) is 11.4. The van der Waals surface area contributed by atoms with Gasteiger partial charge in [-0.1, -0.05) is 26.0 Å². The second-order valence-corrected chi connectivity index (χ2v) is 4.83. The highest BCUT2D eigenvalue weighted by atomic mass is 35.5. The van der Waals surface area contributed by atoms with Crippen LogP contribution in [0.25, 0.3) is 0 Å². The zero-order valence-electron chi connectivity index (χ0n) is 11.1. The molecule has 1 rings (SSSR count). The van der Waals surface area contributed by atoms with Crippen molar-refractivity contribution in [3.63, 3.8) is 0 Å². The van der Waals surface area contributed by atoms with Crippen LogP contribution in [-0.4, -0.2) is 17.3 Å². The van der Waals surface area contributed by atoms with Gasteiger partial charge in [0.1, 0.15) is 0 Å². The van der Waals surface area contributed by atoms with Crippen LogP contribution in [0, 0.1) is 11.6 Å². The summed E-state index contributed by atoms with van der Waals surface area (Å²) in [5, 5.41) is 2.81. The van der Waals surface area contributed by atoms with E-state index in [-0.39, 0.29) is 23.8 Å². The minimum atomic E-state index is -0.970. The minimum Gasteiger partial charge on any atom is -0.349 e. The lowest BCUT2D eigenvalue weighted by molar-refractivity contribution is -0.122. The molecule has 0 atom stereocenters. The number of carbonyl (C=O) groups excluding carboxylic acids is 1. The fourth-order valence-electron chi connectivity index (χ4n) is 1.85. The molecule has 0 aliphatic heterocycles. The van der Waals surface area contributed by atoms with E-state index in [0.717, 1.165) is 6.07 Å². The van der Waals surface area contributed by atoms with Gasteiger partial charge in [-0.15, -0.1) is 11.6 Å². The molecule has 0 aliphatic carbocycles. The Morgan fingerprint density at radius 2 is 1.95 bits per heavy atom. The fourth-order valence-corrected chi connectivity index (χ4v) is 2.29. The lowest BCUT2D eigenvalue weighted by Gasteiger charge is -2.30. The molecule has 0 unspecified atom stereocenters. The molecular weight excluding hydrogens is 272 g/mol. The van der Waals surface area contributed by atoms with Crippen molar-refractivity contribution in [2.45, 2.75) is 38.6 Å². The van der Waals surface area contributed by atoms with Gasteiger partial charge in [0, 0.05) is 11.4 Å². The standard InChI is InChI=1S/C14H18ClF2NO/c1-3-14(4-2,9-15)18-12(19)8-10-6-5-7-11(16)13(10)17/h5-7H,3-4,8-9H2,1-2H3,(H,18,19). The van der Waals surface area contributed by atoms with Gasteiger partial charge in [0.25, 0.3) is 0 Å². The van der Waals surface area contributed by atoms with Gasteiger partial charge in [-0.2, -0.15) is 0 Å². The van der Waals surface area contributed by atoms with Crippen LogP contribution < -0.4 is 5.32 Å². The molecule has 0 radical (unpaired) electrons. The van der Waals surface area contributed by atoms with E-state index in [1.54, 1.807) is 0 Å². The van der Waals surface area contributed by atoms with E-state index >= 15 is 0 Å². The molecule has 0 aliphatic rings. The van der Waals surface area contributed by atoms with Crippen LogP contribution in [0.4, 0.5) is 8.78 Å². The Morgan fingerprint density at radius 1 is 1.32 bits per heavy atom. The average molecular weight is 290 g/mol. The molecule has 0 bridgehead atoms. The topological polar surface area (TPSA) is 29.1 Å². The van der Waals surface area contributed by atoms with Crippen LogP contribution >= 0.6 is 11.6 Å². The fraction of sp³-hybridized carbons (Fsp3) is 0.500. The molecule has 0 saturated heterocycles. The van der Waals surface area contributed by atoms with Crippen molar-refractivity contribution >= 4 is 17.5 Å². The first-order valence-electron chi connectivity index (χ1n) is 6.28. The van der Waals surface area contributed by atoms with Gasteiger partial charge in [-0.25, -0.2) is 8.78 Å². The second kappa shape index (κ2) is 6.85. The quantitative estimate of drug-likeness (QED) is 0.799. The molecule has 0 heterocycles. The Hall–Kier alpha value is -1.16. The van der Waals surface area contributed by atoms with Gasteiger partial charge in [0.2, 0.25) is 5.91 Å². The minimum absolute atomic E-state index is 0.0492. The Morgan fingerprint density at radius 3 is 2.47 bits per heavy atom. The van der Waals surface area contributed by atoms with Crippen molar-refractivity contribution in [1.29, 1.82) is 0 Å². The van der Waals surface area contributed by atoms with Crippen LogP contribution in [-0.2, 0) is 11.2 Å². The number of halogens is 3. The monoisotopic (exact) mass is 289 g/mol. The summed E-state index contributed by atoms with van der Waals surface area (Å²) in [7, 11) is 0. The average Bonchev–Trinajstić information content (AvgIpc) is 2.41. The SMILES string of the molecule is CCC(CC)(CCl)NC(=O)Cc1cccc(F)c1F. The molecule has 0 fully saturated rings. The summed E-state index contributed by atoms with van der Waals surface area (Å²) in [6.07, 6.45) is 1.18. The molecule has 1 amide bonds. The number of hydrogen-bond donors (Lipinski definition) is 1. The number of alkyl halides is 1. The lowest BCUT2D eigenvalue weighted by Crippen LogP contribution is -2.49. The Kier molecular flexibility index (Phi) is 5.73. The van der Waals surface area contributed by atoms with Gasteiger partial charge in [-0.3, -0.25) is 4.79 Å². The Balaban J connectivity index is 2.78. The zero-order chi connectivity index (χ0) is 14.5. The molecule has 0 saturated carbocycles. The number of carbonyl (C=O) groups is 1. The van der Waals surface area contributed by atoms with Gasteiger partial charge in [-0.05, 0) is 18.9 Å². The zero-order valence-corrected chi connectivity index (χ0v) is 11.9. The van der Waals surface area contributed by atoms with Gasteiger partial charge in [0.05, 0.1) is 12.0 Å². The number of rotatable bonds is 6. The first-order valence-corrected chi connectivity index (χ1v) is 6.81. The molecule has 1 aromatic carbocycles. The lowest BCUT2D eigenvalue weighted by atomic mass is 9.94. The molecular formula is C14H18ClF2NO. The van der Waals surface area contributed by atoms with Crippen molar-refractivity contribution in [3.8, 4) is 0 Å². The van der Waals surface area contributed by atoms with Gasteiger partial charge < -0.3 is 5.32 Å². The second-order valence-electron chi connectivity index (χ2n) is 4.56. The summed E-state index contributed by atoms with van der Waals surface area (Å²) >= 11 is 5.88. The highest BCUT2D eigenvalue weighted by molar-refractivity contribution is 6.18. The highest BCUT2D eigenvalue weighted by Gasteiger charge is 2.27. The molecule has 1 aromatic rings. The molecule has 19 heavy (non-hydrogen) atoms. The van der Waals surface area contributed by atoms with Crippen molar-refractivity contribution in [1.82, 2.24) is 5.32 Å². The first kappa shape index (κ1) is 15.9. The maximum absolute atomic E-state index is 13.5. The maximum atomic E-state index is 13.5. The molecule has 2 nitrogen and oxygen atoms in total. The van der Waals surface area contributed by atoms with E-state index in [2.05, 4.69) is 5.32 Å². The maximum Gasteiger partial charge on any atom is 0.224 e. The van der Waals surface area contributed by atoms with Crippen molar-refractivity contribution in [2.75, 3.05) is 5.88 Å². The summed E-state index contributed by atoms with van der Waals surface area (Å²) < 4.78 is 26.5. The predicted molar refractivity (Wildman–Crippen MR) is 72.2 cm³/mol. The largest absolute Gasteiger partial charge is 0.349 e. The summed E-state index contributed by atoms with van der Waals surface area (Å²) in [4.78, 5) is 11.9. The number of benzene rings is 1. The van der Waals surface area contributed by atoms with Crippen molar-refractivity contribution < 1.29 is 13.6 Å². The number of nitrogens with one attached hydrogen (secondary N) is 1. The summed E-state index contributed by atoms with van der Waals surface area (Å²) in [5.74, 6) is -1.98. The Labute approximate surface area is 117 Å². The number of hydrogen-bond acceptors (Lipinski definition) is 1. The van der Waals surface area contributed by atoms with Gasteiger partial charge in [0.15, 0.2) is 11.6 Å². The third-order valence-electron chi connectivity index (χ3n) is 3.40. The van der Waals surface area contributed by atoms with Crippen LogP contribution in [0.5, 0.6) is 0 Å². The predicted octanol–water partition coefficient (Wildman–Crippen LogP) is 3.42. The first-order chi connectivity index (χ1) is 8.98. The summed E-state index contributed by atoms with van der Waals surface area (Å²) in [6.45, 7) is 3.85. The van der Waals surface area contributed by atoms with Crippen LogP contribution in [0.3, 0.4) is 0 Å². The summed E-state index contributed by atoms with van der Waals surface area (Å²) in [6, 6.07) is 3.81. The number of amides is 1. The third kappa shape index (κ3) is 3.90.